The average molecular weight is 286 g/mol. The van der Waals surface area contributed by atoms with Gasteiger partial charge in [0.15, 0.2) is 0 Å². The van der Waals surface area contributed by atoms with Crippen molar-refractivity contribution in [2.24, 2.45) is 0 Å². The molecule has 4 nitrogen and oxygen atoms in total. The summed E-state index contributed by atoms with van der Waals surface area (Å²) in [5.41, 5.74) is 1.04. The van der Waals surface area contributed by atoms with E-state index in [1.807, 2.05) is 32.0 Å². The SMILES string of the molecule is CCOC(=O)NCCc1ccc(OC(C)C)c(Cl)c1. The van der Waals surface area contributed by atoms with E-state index < -0.39 is 6.09 Å². The number of nitrogens with one attached hydrogen (secondary N) is 1. The molecule has 0 aromatic heterocycles. The smallest absolute Gasteiger partial charge is 0.407 e. The zero-order valence-corrected chi connectivity index (χ0v) is 12.3. The summed E-state index contributed by atoms with van der Waals surface area (Å²) in [6, 6.07) is 5.64. The van der Waals surface area contributed by atoms with Gasteiger partial charge in [-0.25, -0.2) is 4.79 Å². The Hall–Kier alpha value is -1.42. The molecule has 5 heteroatoms. The van der Waals surface area contributed by atoms with E-state index in [-0.39, 0.29) is 6.10 Å². The second kappa shape index (κ2) is 7.89. The minimum atomic E-state index is -0.395. The first-order valence-electron chi connectivity index (χ1n) is 6.38. The molecule has 0 fully saturated rings. The molecule has 19 heavy (non-hydrogen) atoms. The van der Waals surface area contributed by atoms with Crippen LogP contribution < -0.4 is 10.1 Å². The largest absolute Gasteiger partial charge is 0.489 e. The van der Waals surface area contributed by atoms with Gasteiger partial charge in [0.05, 0.1) is 17.7 Å². The molecule has 0 saturated carbocycles. The van der Waals surface area contributed by atoms with Gasteiger partial charge < -0.3 is 14.8 Å². The van der Waals surface area contributed by atoms with Gasteiger partial charge in [-0.05, 0) is 44.9 Å². The Balaban J connectivity index is 2.47. The van der Waals surface area contributed by atoms with Gasteiger partial charge in [-0.3, -0.25) is 0 Å². The Bertz CT molecular complexity index is 421. The van der Waals surface area contributed by atoms with Crippen LogP contribution in [0.3, 0.4) is 0 Å². The Kier molecular flexibility index (Phi) is 6.50. The van der Waals surface area contributed by atoms with Gasteiger partial charge in [0.25, 0.3) is 0 Å². The molecule has 1 N–H and O–H groups in total. The summed E-state index contributed by atoms with van der Waals surface area (Å²) in [7, 11) is 0. The van der Waals surface area contributed by atoms with Crippen molar-refractivity contribution < 1.29 is 14.3 Å². The maximum Gasteiger partial charge on any atom is 0.407 e. The maximum atomic E-state index is 11.1. The number of halogens is 1. The molecule has 0 spiro atoms. The number of carbonyl (C=O) groups excluding carboxylic acids is 1. The van der Waals surface area contributed by atoms with Crippen LogP contribution in [-0.2, 0) is 11.2 Å². The van der Waals surface area contributed by atoms with Crippen LogP contribution >= 0.6 is 11.6 Å². The van der Waals surface area contributed by atoms with Crippen molar-refractivity contribution in [3.8, 4) is 5.75 Å². The molecule has 0 bridgehead atoms. The highest BCUT2D eigenvalue weighted by atomic mass is 35.5. The number of amides is 1. The van der Waals surface area contributed by atoms with Crippen LogP contribution in [0.4, 0.5) is 4.79 Å². The fourth-order valence-electron chi connectivity index (χ4n) is 1.54. The van der Waals surface area contributed by atoms with Crippen molar-refractivity contribution in [1.82, 2.24) is 5.32 Å². The van der Waals surface area contributed by atoms with Crippen LogP contribution in [0.15, 0.2) is 18.2 Å². The molecule has 0 aliphatic rings. The zero-order valence-electron chi connectivity index (χ0n) is 11.5. The highest BCUT2D eigenvalue weighted by molar-refractivity contribution is 6.32. The molecule has 0 heterocycles. The average Bonchev–Trinajstić information content (AvgIpc) is 2.32. The minimum Gasteiger partial charge on any atom is -0.489 e. The van der Waals surface area contributed by atoms with Gasteiger partial charge in [0.1, 0.15) is 5.75 Å². The molecular formula is C14H20ClNO3. The molecular weight excluding hydrogens is 266 g/mol. The third-order valence-electron chi connectivity index (χ3n) is 2.32. The van der Waals surface area contributed by atoms with E-state index in [9.17, 15) is 4.79 Å². The Morgan fingerprint density at radius 3 is 2.74 bits per heavy atom. The standard InChI is InChI=1S/C14H20ClNO3/c1-4-18-14(17)16-8-7-11-5-6-13(12(15)9-11)19-10(2)3/h5-6,9-10H,4,7-8H2,1-3H3,(H,16,17). The fraction of sp³-hybridized carbons (Fsp3) is 0.500. The van der Waals surface area contributed by atoms with Gasteiger partial charge in [-0.15, -0.1) is 0 Å². The molecule has 0 aliphatic carbocycles. The molecule has 0 atom stereocenters. The number of hydrogen-bond acceptors (Lipinski definition) is 3. The first kappa shape index (κ1) is 15.6. The third kappa shape index (κ3) is 5.83. The second-order valence-corrected chi connectivity index (χ2v) is 4.74. The lowest BCUT2D eigenvalue weighted by Crippen LogP contribution is -2.26. The summed E-state index contributed by atoms with van der Waals surface area (Å²) < 4.78 is 10.3. The van der Waals surface area contributed by atoms with Crippen molar-refractivity contribution in [3.05, 3.63) is 28.8 Å². The first-order chi connectivity index (χ1) is 9.02. The molecule has 1 amide bonds. The third-order valence-corrected chi connectivity index (χ3v) is 2.61. The lowest BCUT2D eigenvalue weighted by Gasteiger charge is -2.12. The summed E-state index contributed by atoms with van der Waals surface area (Å²) in [6.45, 7) is 6.56. The van der Waals surface area contributed by atoms with E-state index in [4.69, 9.17) is 21.1 Å². The number of alkyl carbamates (subject to hydrolysis) is 1. The number of carbonyl (C=O) groups is 1. The predicted molar refractivity (Wildman–Crippen MR) is 75.9 cm³/mol. The quantitative estimate of drug-likeness (QED) is 0.871. The fourth-order valence-corrected chi connectivity index (χ4v) is 1.79. The van der Waals surface area contributed by atoms with E-state index >= 15 is 0 Å². The van der Waals surface area contributed by atoms with E-state index in [0.29, 0.717) is 30.3 Å². The summed E-state index contributed by atoms with van der Waals surface area (Å²) in [4.78, 5) is 11.1. The van der Waals surface area contributed by atoms with Crippen molar-refractivity contribution in [2.45, 2.75) is 33.3 Å². The molecule has 0 radical (unpaired) electrons. The Morgan fingerprint density at radius 2 is 2.16 bits per heavy atom. The lowest BCUT2D eigenvalue weighted by atomic mass is 10.1. The zero-order chi connectivity index (χ0) is 14.3. The topological polar surface area (TPSA) is 47.6 Å². The van der Waals surface area contributed by atoms with E-state index in [2.05, 4.69) is 5.32 Å². The van der Waals surface area contributed by atoms with Crippen molar-refractivity contribution in [1.29, 1.82) is 0 Å². The van der Waals surface area contributed by atoms with Gasteiger partial charge in [-0.1, -0.05) is 17.7 Å². The molecule has 1 rings (SSSR count). The lowest BCUT2D eigenvalue weighted by molar-refractivity contribution is 0.152. The predicted octanol–water partition coefficient (Wildman–Crippen LogP) is 3.42. The first-order valence-corrected chi connectivity index (χ1v) is 6.76. The highest BCUT2D eigenvalue weighted by Crippen LogP contribution is 2.26. The number of benzene rings is 1. The van der Waals surface area contributed by atoms with Crippen LogP contribution in [0.25, 0.3) is 0 Å². The molecule has 1 aromatic carbocycles. The van der Waals surface area contributed by atoms with Crippen LogP contribution in [0.5, 0.6) is 5.75 Å². The Morgan fingerprint density at radius 1 is 1.42 bits per heavy atom. The van der Waals surface area contributed by atoms with Gasteiger partial charge in [0.2, 0.25) is 0 Å². The van der Waals surface area contributed by atoms with Crippen molar-refractivity contribution >= 4 is 17.7 Å². The van der Waals surface area contributed by atoms with E-state index in [1.165, 1.54) is 0 Å². The van der Waals surface area contributed by atoms with Crippen LogP contribution in [0.1, 0.15) is 26.3 Å². The summed E-state index contributed by atoms with van der Waals surface area (Å²) >= 11 is 6.13. The number of rotatable bonds is 6. The van der Waals surface area contributed by atoms with Gasteiger partial charge >= 0.3 is 6.09 Å². The highest BCUT2D eigenvalue weighted by Gasteiger charge is 2.06. The van der Waals surface area contributed by atoms with Gasteiger partial charge in [0, 0.05) is 6.54 Å². The summed E-state index contributed by atoms with van der Waals surface area (Å²) in [6.07, 6.45) is 0.391. The maximum absolute atomic E-state index is 11.1. The number of ether oxygens (including phenoxy) is 2. The molecule has 0 aliphatic heterocycles. The van der Waals surface area contributed by atoms with Crippen molar-refractivity contribution in [2.75, 3.05) is 13.2 Å². The normalized spacial score (nSPS) is 10.4. The van der Waals surface area contributed by atoms with E-state index in [0.717, 1.165) is 5.56 Å². The van der Waals surface area contributed by atoms with Crippen LogP contribution in [0.2, 0.25) is 5.02 Å². The van der Waals surface area contributed by atoms with Crippen LogP contribution in [0, 0.1) is 0 Å². The molecule has 0 saturated heterocycles. The minimum absolute atomic E-state index is 0.0915. The molecule has 1 aromatic rings. The second-order valence-electron chi connectivity index (χ2n) is 4.33. The van der Waals surface area contributed by atoms with Crippen LogP contribution in [-0.4, -0.2) is 25.3 Å². The molecule has 106 valence electrons. The Labute approximate surface area is 119 Å². The summed E-state index contributed by atoms with van der Waals surface area (Å²) in [5, 5.41) is 3.25. The molecule has 0 unspecified atom stereocenters. The summed E-state index contributed by atoms with van der Waals surface area (Å²) in [5.74, 6) is 0.679. The monoisotopic (exact) mass is 285 g/mol. The van der Waals surface area contributed by atoms with Crippen molar-refractivity contribution in [3.63, 3.8) is 0 Å². The van der Waals surface area contributed by atoms with E-state index in [1.54, 1.807) is 6.92 Å². The number of hydrogen-bond donors (Lipinski definition) is 1. The van der Waals surface area contributed by atoms with Gasteiger partial charge in [-0.2, -0.15) is 0 Å².